The molecule has 1 spiro atoms. The van der Waals surface area contributed by atoms with Gasteiger partial charge in [-0.3, -0.25) is 0 Å². The van der Waals surface area contributed by atoms with E-state index in [2.05, 4.69) is 266 Å². The zero-order valence-corrected chi connectivity index (χ0v) is 38.7. The molecule has 2 heterocycles. The Balaban J connectivity index is 1.18. The van der Waals surface area contributed by atoms with Crippen LogP contribution in [-0.2, 0) is 5.41 Å². The molecular weight excluding hydrogens is 859 g/mol. The van der Waals surface area contributed by atoms with E-state index in [1.165, 1.54) is 99.4 Å². The van der Waals surface area contributed by atoms with Gasteiger partial charge < -0.3 is 9.32 Å². The smallest absolute Gasteiger partial charge is 0.159 e. The number of para-hydroxylation sites is 2. The van der Waals surface area contributed by atoms with E-state index >= 15 is 0 Å². The molecule has 2 heteroatoms. The fourth-order valence-corrected chi connectivity index (χ4v) is 12.6. The lowest BCUT2D eigenvalue weighted by atomic mass is 9.62. The first-order valence-electron chi connectivity index (χ1n) is 24.6. The quantitative estimate of drug-likeness (QED) is 0.171. The van der Waals surface area contributed by atoms with Crippen LogP contribution in [-0.4, -0.2) is 0 Å². The van der Waals surface area contributed by atoms with Gasteiger partial charge in [0.05, 0.1) is 22.5 Å². The number of hydrogen-bond donors (Lipinski definition) is 0. The average molecular weight is 902 g/mol. The Bertz CT molecular complexity index is 4070. The van der Waals surface area contributed by atoms with Gasteiger partial charge in [0.15, 0.2) is 5.58 Å². The molecule has 13 aromatic rings. The number of benzene rings is 12. The number of fused-ring (bicyclic) bond motifs is 16. The van der Waals surface area contributed by atoms with Crippen LogP contribution in [0.5, 0.6) is 0 Å². The van der Waals surface area contributed by atoms with Crippen molar-refractivity contribution >= 4 is 60.5 Å². The molecule has 0 N–H and O–H groups in total. The van der Waals surface area contributed by atoms with E-state index < -0.39 is 5.41 Å². The summed E-state index contributed by atoms with van der Waals surface area (Å²) in [6.45, 7) is 0. The lowest BCUT2D eigenvalue weighted by Gasteiger charge is -2.46. The standard InChI is InChI=1S/C69H43NO/c1-3-22-44(23-4-1)46-26-7-9-28-48(46)58-42-62-66(55-35-13-11-30-50(55)58)70(64-40-21-37-57-54-34-17-20-41-65(54)71-68(57)64)67-56-36-14-12-31-51(56)59(49-29-10-8-27-47(49)45-24-5-2-6-25-45)43-63(67)69(62)60-38-18-15-32-52(60)53-33-16-19-39-61(53)69/h1-43H. The molecular formula is C69H43NO. The molecule has 0 bridgehead atoms. The number of anilines is 3. The van der Waals surface area contributed by atoms with Crippen LogP contribution in [0, 0.1) is 0 Å². The summed E-state index contributed by atoms with van der Waals surface area (Å²) >= 11 is 0. The van der Waals surface area contributed by atoms with Gasteiger partial charge in [0.1, 0.15) is 5.58 Å². The molecule has 0 saturated heterocycles. The number of rotatable bonds is 5. The highest BCUT2D eigenvalue weighted by atomic mass is 16.3. The maximum Gasteiger partial charge on any atom is 0.159 e. The Morgan fingerprint density at radius 2 is 0.662 bits per heavy atom. The van der Waals surface area contributed by atoms with Crippen LogP contribution in [0.15, 0.2) is 265 Å². The second-order valence-corrected chi connectivity index (χ2v) is 19.0. The summed E-state index contributed by atoms with van der Waals surface area (Å²) in [5.41, 5.74) is 21.3. The van der Waals surface area contributed by atoms with Crippen molar-refractivity contribution in [3.63, 3.8) is 0 Å². The second-order valence-electron chi connectivity index (χ2n) is 19.0. The first-order chi connectivity index (χ1) is 35.3. The predicted octanol–water partition coefficient (Wildman–Crippen LogP) is 18.7. The van der Waals surface area contributed by atoms with Gasteiger partial charge in [-0.05, 0) is 113 Å². The summed E-state index contributed by atoms with van der Waals surface area (Å²) in [4.78, 5) is 2.59. The third-order valence-electron chi connectivity index (χ3n) is 15.5. The van der Waals surface area contributed by atoms with Crippen LogP contribution in [0.2, 0.25) is 0 Å². The van der Waals surface area contributed by atoms with Gasteiger partial charge in [0, 0.05) is 21.5 Å². The lowest BCUT2D eigenvalue weighted by Crippen LogP contribution is -2.36. The first kappa shape index (κ1) is 39.7. The van der Waals surface area contributed by atoms with E-state index in [4.69, 9.17) is 4.42 Å². The topological polar surface area (TPSA) is 16.4 Å². The Morgan fingerprint density at radius 3 is 1.18 bits per heavy atom. The van der Waals surface area contributed by atoms with Crippen molar-refractivity contribution in [1.29, 1.82) is 0 Å². The minimum absolute atomic E-state index is 0.767. The monoisotopic (exact) mass is 901 g/mol. The third kappa shape index (κ3) is 5.59. The van der Waals surface area contributed by atoms with Crippen molar-refractivity contribution in [2.75, 3.05) is 4.90 Å². The molecule has 0 atom stereocenters. The number of hydrogen-bond acceptors (Lipinski definition) is 2. The van der Waals surface area contributed by atoms with E-state index in [9.17, 15) is 0 Å². The Kier molecular flexibility index (Phi) is 8.61. The van der Waals surface area contributed by atoms with Crippen LogP contribution in [0.3, 0.4) is 0 Å². The Labute approximate surface area is 412 Å². The van der Waals surface area contributed by atoms with E-state index in [1.54, 1.807) is 0 Å². The van der Waals surface area contributed by atoms with E-state index in [1.807, 2.05) is 0 Å². The summed E-state index contributed by atoms with van der Waals surface area (Å²) in [7, 11) is 0. The first-order valence-corrected chi connectivity index (χ1v) is 24.6. The summed E-state index contributed by atoms with van der Waals surface area (Å²) in [6, 6.07) is 96.5. The molecule has 0 saturated carbocycles. The zero-order valence-electron chi connectivity index (χ0n) is 38.7. The van der Waals surface area contributed by atoms with Crippen molar-refractivity contribution in [3.05, 3.63) is 283 Å². The molecule has 1 aliphatic carbocycles. The SMILES string of the molecule is c1ccc(-c2ccccc2-c2cc3c(c4ccccc24)N(c2cccc4c2oc2ccccc24)c2c(cc(-c4ccccc4-c4ccccc4)c4ccccc24)C32c3ccccc3-c3ccccc32)cc1. The molecule has 1 aliphatic heterocycles. The van der Waals surface area contributed by atoms with Crippen molar-refractivity contribution in [3.8, 4) is 55.6 Å². The molecule has 15 rings (SSSR count). The molecule has 0 amide bonds. The highest BCUT2D eigenvalue weighted by molar-refractivity contribution is 6.20. The van der Waals surface area contributed by atoms with E-state index in [0.717, 1.165) is 39.0 Å². The lowest BCUT2D eigenvalue weighted by molar-refractivity contribution is 0.668. The predicted molar refractivity (Wildman–Crippen MR) is 296 cm³/mol. The summed E-state index contributed by atoms with van der Waals surface area (Å²) in [5.74, 6) is 0. The zero-order chi connectivity index (χ0) is 46.6. The number of furan rings is 1. The molecule has 330 valence electrons. The second kappa shape index (κ2) is 15.4. The maximum absolute atomic E-state index is 7.09. The molecule has 0 fully saturated rings. The fraction of sp³-hybridized carbons (Fsp3) is 0.0145. The normalized spacial score (nSPS) is 13.2. The van der Waals surface area contributed by atoms with Crippen molar-refractivity contribution in [2.24, 2.45) is 0 Å². The van der Waals surface area contributed by atoms with Crippen LogP contribution in [0.25, 0.3) is 99.1 Å². The summed E-state index contributed by atoms with van der Waals surface area (Å²) in [6.07, 6.45) is 0. The van der Waals surface area contributed by atoms with Crippen molar-refractivity contribution in [1.82, 2.24) is 0 Å². The van der Waals surface area contributed by atoms with Gasteiger partial charge >= 0.3 is 0 Å². The molecule has 71 heavy (non-hydrogen) atoms. The number of nitrogens with zero attached hydrogens (tertiary/aromatic N) is 1. The van der Waals surface area contributed by atoms with Crippen LogP contribution >= 0.6 is 0 Å². The van der Waals surface area contributed by atoms with Gasteiger partial charge in [-0.25, -0.2) is 0 Å². The third-order valence-corrected chi connectivity index (χ3v) is 15.5. The minimum Gasteiger partial charge on any atom is -0.454 e. The molecule has 12 aromatic carbocycles. The van der Waals surface area contributed by atoms with Crippen LogP contribution < -0.4 is 4.90 Å². The van der Waals surface area contributed by atoms with Crippen molar-refractivity contribution < 1.29 is 4.42 Å². The molecule has 2 aliphatic rings. The van der Waals surface area contributed by atoms with Gasteiger partial charge in [0.25, 0.3) is 0 Å². The van der Waals surface area contributed by atoms with Gasteiger partial charge in [-0.2, -0.15) is 0 Å². The molecule has 1 aromatic heterocycles. The van der Waals surface area contributed by atoms with Gasteiger partial charge in [-0.15, -0.1) is 0 Å². The minimum atomic E-state index is -0.767. The average Bonchev–Trinajstić information content (AvgIpc) is 3.98. The highest BCUT2D eigenvalue weighted by Crippen LogP contribution is 2.67. The Morgan fingerprint density at radius 1 is 0.268 bits per heavy atom. The highest BCUT2D eigenvalue weighted by Gasteiger charge is 2.53. The van der Waals surface area contributed by atoms with Gasteiger partial charge in [0.2, 0.25) is 0 Å². The molecule has 0 unspecified atom stereocenters. The van der Waals surface area contributed by atoms with Crippen LogP contribution in [0.4, 0.5) is 17.1 Å². The molecule has 0 radical (unpaired) electrons. The summed E-state index contributed by atoms with van der Waals surface area (Å²) < 4.78 is 7.09. The van der Waals surface area contributed by atoms with E-state index in [0.29, 0.717) is 0 Å². The molecule has 2 nitrogen and oxygen atoms in total. The van der Waals surface area contributed by atoms with Crippen LogP contribution in [0.1, 0.15) is 22.3 Å². The maximum atomic E-state index is 7.09. The fourth-order valence-electron chi connectivity index (χ4n) is 12.6. The Hall–Kier alpha value is -9.24. The van der Waals surface area contributed by atoms with Crippen molar-refractivity contribution in [2.45, 2.75) is 5.41 Å². The largest absolute Gasteiger partial charge is 0.454 e. The van der Waals surface area contributed by atoms with Gasteiger partial charge in [-0.1, -0.05) is 237 Å². The summed E-state index contributed by atoms with van der Waals surface area (Å²) in [5, 5.41) is 6.91. The van der Waals surface area contributed by atoms with E-state index in [-0.39, 0.29) is 0 Å².